The van der Waals surface area contributed by atoms with Crippen molar-refractivity contribution in [1.29, 1.82) is 0 Å². The van der Waals surface area contributed by atoms with Crippen molar-refractivity contribution in [2.24, 2.45) is 11.8 Å². The van der Waals surface area contributed by atoms with Crippen LogP contribution in [0.1, 0.15) is 30.3 Å². The van der Waals surface area contributed by atoms with E-state index >= 15 is 0 Å². The first-order valence-electron chi connectivity index (χ1n) is 9.16. The van der Waals surface area contributed by atoms with Crippen LogP contribution in [0.25, 0.3) is 16.3 Å². The first-order chi connectivity index (χ1) is 13.4. The minimum Gasteiger partial charge on any atom is -0.430 e. The molecule has 2 saturated heterocycles. The van der Waals surface area contributed by atoms with Gasteiger partial charge in [0.15, 0.2) is 5.78 Å². The number of nitrogens with zero attached hydrogens (tertiary/aromatic N) is 2. The monoisotopic (exact) mass is 460 g/mol. The molecule has 0 N–H and O–H groups in total. The van der Waals surface area contributed by atoms with E-state index in [1.165, 1.54) is 18.3 Å². The maximum Gasteiger partial charge on any atom is 0.307 e. The van der Waals surface area contributed by atoms with Gasteiger partial charge in [-0.3, -0.25) is 14.6 Å². The van der Waals surface area contributed by atoms with Crippen molar-refractivity contribution in [2.75, 3.05) is 0 Å². The smallest absolute Gasteiger partial charge is 0.307 e. The van der Waals surface area contributed by atoms with Gasteiger partial charge in [-0.1, -0.05) is 0 Å². The van der Waals surface area contributed by atoms with Gasteiger partial charge in [0, 0.05) is 22.5 Å². The number of aromatic nitrogens is 2. The van der Waals surface area contributed by atoms with Gasteiger partial charge in [0.25, 0.3) is 0 Å². The molecule has 2 aromatic rings. The second kappa shape index (κ2) is 6.57. The lowest BCUT2D eigenvalue weighted by Gasteiger charge is -2.21. The lowest BCUT2D eigenvalue weighted by atomic mass is 9.80. The van der Waals surface area contributed by atoms with E-state index in [-0.39, 0.29) is 29.8 Å². The zero-order valence-corrected chi connectivity index (χ0v) is 17.7. The van der Waals surface area contributed by atoms with Crippen LogP contribution in [0.4, 0.5) is 0 Å². The zero-order chi connectivity index (χ0) is 19.6. The molecule has 28 heavy (non-hydrogen) atoms. The molecule has 1 aliphatic carbocycles. The van der Waals surface area contributed by atoms with E-state index in [0.29, 0.717) is 17.0 Å². The number of carbonyl (C=O) groups is 2. The number of pyridine rings is 1. The predicted octanol–water partition coefficient (Wildman–Crippen LogP) is 3.93. The fraction of sp³-hybridized carbons (Fsp3) is 0.400. The molecule has 0 saturated carbocycles. The van der Waals surface area contributed by atoms with Crippen molar-refractivity contribution >= 4 is 44.6 Å². The number of ether oxygens (including phenoxy) is 2. The molecule has 3 aliphatic rings. The third kappa shape index (κ3) is 2.69. The van der Waals surface area contributed by atoms with E-state index in [9.17, 15) is 9.59 Å². The molecule has 0 radical (unpaired) electrons. The molecule has 4 atom stereocenters. The van der Waals surface area contributed by atoms with Crippen molar-refractivity contribution in [2.45, 2.75) is 38.9 Å². The summed E-state index contributed by atoms with van der Waals surface area (Å²) in [6.07, 6.45) is 3.34. The number of Topliss-reactive ketones (excluding diaryl/α,β-unsaturated/α-hetero) is 1. The minimum absolute atomic E-state index is 0.0165. The Hall–Kier alpha value is -1.90. The maximum atomic E-state index is 13.3. The summed E-state index contributed by atoms with van der Waals surface area (Å²) < 4.78 is 12.4. The maximum absolute atomic E-state index is 13.3. The molecule has 5 rings (SSSR count). The Bertz CT molecular complexity index is 1030. The molecule has 2 bridgehead atoms. The summed E-state index contributed by atoms with van der Waals surface area (Å²) in [6.45, 7) is 3.29. The van der Waals surface area contributed by atoms with Gasteiger partial charge in [-0.05, 0) is 47.8 Å². The van der Waals surface area contributed by atoms with Crippen LogP contribution in [0.5, 0.6) is 0 Å². The van der Waals surface area contributed by atoms with Crippen LogP contribution in [-0.4, -0.2) is 33.9 Å². The molecule has 8 heteroatoms. The molecule has 0 aromatic carbocycles. The van der Waals surface area contributed by atoms with E-state index in [2.05, 4.69) is 20.9 Å². The van der Waals surface area contributed by atoms with E-state index in [1.807, 2.05) is 19.1 Å². The third-order valence-corrected chi connectivity index (χ3v) is 7.07. The summed E-state index contributed by atoms with van der Waals surface area (Å²) in [6, 6.07) is 3.79. The fourth-order valence-corrected chi connectivity index (χ4v) is 5.68. The van der Waals surface area contributed by atoms with Gasteiger partial charge in [0.05, 0.1) is 41.0 Å². The Labute approximate surface area is 174 Å². The van der Waals surface area contributed by atoms with Crippen LogP contribution in [0.3, 0.4) is 0 Å². The highest BCUT2D eigenvalue weighted by molar-refractivity contribution is 9.10. The molecule has 0 amide bonds. The van der Waals surface area contributed by atoms with Gasteiger partial charge in [0.1, 0.15) is 10.8 Å². The lowest BCUT2D eigenvalue weighted by Crippen LogP contribution is -2.29. The number of allylic oxidation sites excluding steroid dienone is 1. The summed E-state index contributed by atoms with van der Waals surface area (Å²) in [7, 11) is 0. The molecule has 6 nitrogen and oxygen atoms in total. The number of esters is 1. The number of thiazole rings is 1. The van der Waals surface area contributed by atoms with E-state index in [0.717, 1.165) is 32.9 Å². The second-order valence-corrected chi connectivity index (χ2v) is 9.44. The Morgan fingerprint density at radius 3 is 2.71 bits per heavy atom. The molecular weight excluding hydrogens is 444 g/mol. The predicted molar refractivity (Wildman–Crippen MR) is 106 cm³/mol. The van der Waals surface area contributed by atoms with Crippen molar-refractivity contribution in [1.82, 2.24) is 9.97 Å². The number of rotatable bonds is 3. The average molecular weight is 461 g/mol. The van der Waals surface area contributed by atoms with Crippen LogP contribution >= 0.6 is 27.3 Å². The molecule has 2 aliphatic heterocycles. The summed E-state index contributed by atoms with van der Waals surface area (Å²) >= 11 is 4.86. The van der Waals surface area contributed by atoms with Crippen LogP contribution in [0.2, 0.25) is 0 Å². The number of halogens is 1. The highest BCUT2D eigenvalue weighted by atomic mass is 79.9. The Morgan fingerprint density at radius 1 is 1.29 bits per heavy atom. The van der Waals surface area contributed by atoms with E-state index in [4.69, 9.17) is 14.5 Å². The summed E-state index contributed by atoms with van der Waals surface area (Å²) in [4.78, 5) is 35.1. The molecule has 2 aromatic heterocycles. The first-order valence-corrected chi connectivity index (χ1v) is 10.8. The normalized spacial score (nSPS) is 28.2. The molecule has 0 unspecified atom stereocenters. The number of ketones is 1. The Balaban J connectivity index is 1.62. The fourth-order valence-electron chi connectivity index (χ4n) is 4.55. The summed E-state index contributed by atoms with van der Waals surface area (Å²) in [5.74, 6) is -0.444. The van der Waals surface area contributed by atoms with Gasteiger partial charge >= 0.3 is 5.97 Å². The van der Waals surface area contributed by atoms with Gasteiger partial charge in [-0.15, -0.1) is 11.3 Å². The SMILES string of the molecule is CC(=O)OC1=C(c2nc(-c3ccc(Br)cn3)sc2C)C(=O)[C@H]2[C@@H]1[C@@H]1CC[C@H]2O1. The summed E-state index contributed by atoms with van der Waals surface area (Å²) in [5, 5.41) is 0.735. The topological polar surface area (TPSA) is 78.4 Å². The van der Waals surface area contributed by atoms with E-state index in [1.54, 1.807) is 6.20 Å². The number of hydrogen-bond donors (Lipinski definition) is 0. The minimum atomic E-state index is -0.425. The van der Waals surface area contributed by atoms with Crippen molar-refractivity contribution in [3.63, 3.8) is 0 Å². The molecular formula is C20H17BrN2O4S. The standard InChI is InChI=1S/C20H17BrN2O4S/c1-8-17(23-20(28-8)11-4-3-10(21)7-22-11)16-18(25)14-12-5-6-13(27-12)15(14)19(16)26-9(2)24/h3-4,7,12-15H,5-6H2,1-2H3/t12-,13+,14-,15+/m1/s1. The molecule has 144 valence electrons. The highest BCUT2D eigenvalue weighted by Crippen LogP contribution is 2.55. The largest absolute Gasteiger partial charge is 0.430 e. The third-order valence-electron chi connectivity index (χ3n) is 5.61. The first kappa shape index (κ1) is 18.1. The lowest BCUT2D eigenvalue weighted by molar-refractivity contribution is -0.138. The van der Waals surface area contributed by atoms with Crippen LogP contribution in [0.15, 0.2) is 28.6 Å². The van der Waals surface area contributed by atoms with Crippen LogP contribution in [0, 0.1) is 18.8 Å². The van der Waals surface area contributed by atoms with Gasteiger partial charge in [-0.25, -0.2) is 4.98 Å². The van der Waals surface area contributed by atoms with E-state index < -0.39 is 5.97 Å². The van der Waals surface area contributed by atoms with Crippen LogP contribution < -0.4 is 0 Å². The summed E-state index contributed by atoms with van der Waals surface area (Å²) in [5.41, 5.74) is 1.79. The number of hydrogen-bond acceptors (Lipinski definition) is 7. The number of aryl methyl sites for hydroxylation is 1. The molecule has 2 fully saturated rings. The quantitative estimate of drug-likeness (QED) is 0.645. The van der Waals surface area contributed by atoms with Gasteiger partial charge < -0.3 is 9.47 Å². The molecule has 4 heterocycles. The highest BCUT2D eigenvalue weighted by Gasteiger charge is 2.60. The Kier molecular flexibility index (Phi) is 4.26. The Morgan fingerprint density at radius 2 is 2.04 bits per heavy atom. The second-order valence-electron chi connectivity index (χ2n) is 7.32. The van der Waals surface area contributed by atoms with Gasteiger partial charge in [-0.2, -0.15) is 0 Å². The zero-order valence-electron chi connectivity index (χ0n) is 15.3. The number of carbonyl (C=O) groups excluding carboxylic acids is 2. The van der Waals surface area contributed by atoms with Crippen molar-refractivity contribution in [3.8, 4) is 10.7 Å². The van der Waals surface area contributed by atoms with Crippen molar-refractivity contribution < 1.29 is 19.1 Å². The average Bonchev–Trinajstić information content (AvgIpc) is 3.39. The van der Waals surface area contributed by atoms with Gasteiger partial charge in [0.2, 0.25) is 0 Å². The van der Waals surface area contributed by atoms with Crippen LogP contribution in [-0.2, 0) is 19.1 Å². The van der Waals surface area contributed by atoms with Crippen molar-refractivity contribution in [3.05, 3.63) is 39.1 Å². The molecule has 0 spiro atoms. The number of fused-ring (bicyclic) bond motifs is 5.